The Morgan fingerprint density at radius 3 is 2.89 bits per heavy atom. The Hall–Kier alpha value is -3.77. The predicted octanol–water partition coefficient (Wildman–Crippen LogP) is 5.28. The normalized spacial score (nSPS) is 16.1. The maximum absolute atomic E-state index is 13.4. The fourth-order valence-electron chi connectivity index (χ4n) is 4.55. The van der Waals surface area contributed by atoms with Gasteiger partial charge in [-0.25, -0.2) is 4.39 Å². The molecule has 5 rings (SSSR count). The fourth-order valence-corrected chi connectivity index (χ4v) is 4.55. The molecule has 1 atom stereocenters. The summed E-state index contributed by atoms with van der Waals surface area (Å²) in [5.41, 5.74) is 2.51. The van der Waals surface area contributed by atoms with Gasteiger partial charge >= 0.3 is 0 Å². The number of hydrogen-bond acceptors (Lipinski definition) is 4. The molecule has 0 aliphatic carbocycles. The third kappa shape index (κ3) is 5.66. The lowest BCUT2D eigenvalue weighted by Gasteiger charge is -2.24. The van der Waals surface area contributed by atoms with Crippen molar-refractivity contribution in [3.63, 3.8) is 0 Å². The smallest absolute Gasteiger partial charge is 0.254 e. The van der Waals surface area contributed by atoms with Crippen LogP contribution in [-0.4, -0.2) is 42.1 Å². The van der Waals surface area contributed by atoms with Crippen LogP contribution >= 0.6 is 0 Å². The second-order valence-electron chi connectivity index (χ2n) is 8.86. The summed E-state index contributed by atoms with van der Waals surface area (Å²) in [5.74, 6) is 0.412. The number of ether oxygens (including phenoxy) is 2. The molecule has 178 valence electrons. The molecule has 1 saturated heterocycles. The lowest BCUT2D eigenvalue weighted by atomic mass is 9.95. The van der Waals surface area contributed by atoms with Gasteiger partial charge in [-0.1, -0.05) is 36.4 Å². The number of carbonyl (C=O) groups is 1. The van der Waals surface area contributed by atoms with Crippen molar-refractivity contribution in [2.24, 2.45) is 5.92 Å². The summed E-state index contributed by atoms with van der Waals surface area (Å²) in [6, 6.07) is 21.8. The predicted molar refractivity (Wildman–Crippen MR) is 133 cm³/mol. The van der Waals surface area contributed by atoms with Crippen LogP contribution in [0.5, 0.6) is 5.75 Å². The summed E-state index contributed by atoms with van der Waals surface area (Å²) in [6.07, 6.45) is 4.52. The first-order valence-electron chi connectivity index (χ1n) is 11.8. The van der Waals surface area contributed by atoms with Crippen molar-refractivity contribution < 1.29 is 18.7 Å². The largest absolute Gasteiger partial charge is 0.489 e. The van der Waals surface area contributed by atoms with Gasteiger partial charge < -0.3 is 14.4 Å². The zero-order valence-electron chi connectivity index (χ0n) is 19.4. The Morgan fingerprint density at radius 1 is 1.09 bits per heavy atom. The van der Waals surface area contributed by atoms with Crippen LogP contribution in [0.1, 0.15) is 21.5 Å². The van der Waals surface area contributed by atoms with Gasteiger partial charge in [0.2, 0.25) is 0 Å². The minimum atomic E-state index is -0.298. The highest BCUT2D eigenvalue weighted by molar-refractivity contribution is 5.94. The molecule has 5 nitrogen and oxygen atoms in total. The van der Waals surface area contributed by atoms with Gasteiger partial charge in [0.1, 0.15) is 18.2 Å². The Labute approximate surface area is 204 Å². The first-order chi connectivity index (χ1) is 17.2. The maximum atomic E-state index is 13.4. The number of hydrogen-bond donors (Lipinski definition) is 0. The number of carbonyl (C=O) groups excluding carboxylic acids is 1. The third-order valence-electron chi connectivity index (χ3n) is 6.28. The van der Waals surface area contributed by atoms with E-state index < -0.39 is 0 Å². The topological polar surface area (TPSA) is 51.7 Å². The van der Waals surface area contributed by atoms with E-state index in [2.05, 4.69) is 23.2 Å². The first-order valence-corrected chi connectivity index (χ1v) is 11.8. The lowest BCUT2D eigenvalue weighted by molar-refractivity contribution is 0.0737. The van der Waals surface area contributed by atoms with Gasteiger partial charge in [-0.05, 0) is 59.3 Å². The second kappa shape index (κ2) is 10.7. The second-order valence-corrected chi connectivity index (χ2v) is 8.86. The molecule has 35 heavy (non-hydrogen) atoms. The molecule has 1 aromatic heterocycles. The number of aromatic nitrogens is 1. The first kappa shape index (κ1) is 23.0. The zero-order valence-corrected chi connectivity index (χ0v) is 19.4. The van der Waals surface area contributed by atoms with E-state index in [0.29, 0.717) is 37.6 Å². The molecular formula is C29H27FN2O3. The SMILES string of the molecule is O=C(c1cccc(OCc2cccc(F)c2)c1)N1CCOC[C@@H](Cc2cccc3ccncc23)C1. The molecular weight excluding hydrogens is 443 g/mol. The van der Waals surface area contributed by atoms with E-state index in [1.807, 2.05) is 29.3 Å². The number of halogens is 1. The number of nitrogens with zero attached hydrogens (tertiary/aromatic N) is 2. The van der Waals surface area contributed by atoms with E-state index in [4.69, 9.17) is 9.47 Å². The highest BCUT2D eigenvalue weighted by Crippen LogP contribution is 2.23. The molecule has 0 unspecified atom stereocenters. The molecule has 1 amide bonds. The molecule has 0 radical (unpaired) electrons. The van der Waals surface area contributed by atoms with Crippen molar-refractivity contribution in [2.75, 3.05) is 26.3 Å². The van der Waals surface area contributed by atoms with Gasteiger partial charge in [0.05, 0.1) is 13.2 Å². The van der Waals surface area contributed by atoms with E-state index >= 15 is 0 Å². The molecule has 0 N–H and O–H groups in total. The quantitative estimate of drug-likeness (QED) is 0.385. The van der Waals surface area contributed by atoms with Crippen molar-refractivity contribution in [1.29, 1.82) is 0 Å². The van der Waals surface area contributed by atoms with Crippen LogP contribution in [0.3, 0.4) is 0 Å². The van der Waals surface area contributed by atoms with Gasteiger partial charge in [0, 0.05) is 42.4 Å². The standard InChI is InChI=1S/C29H27FN2O3/c30-26-8-1-4-21(15-26)20-35-27-9-3-7-25(16-27)29(33)32-12-13-34-19-22(18-32)14-24-6-2-5-23-10-11-31-17-28(23)24/h1-11,15-17,22H,12-14,18-20H2/t22-/m0/s1. The third-order valence-corrected chi connectivity index (χ3v) is 6.28. The van der Waals surface area contributed by atoms with Crippen molar-refractivity contribution in [3.8, 4) is 5.75 Å². The van der Waals surface area contributed by atoms with E-state index in [1.54, 1.807) is 30.5 Å². The van der Waals surface area contributed by atoms with Crippen LogP contribution in [0, 0.1) is 11.7 Å². The van der Waals surface area contributed by atoms with Crippen LogP contribution in [0.4, 0.5) is 4.39 Å². The van der Waals surface area contributed by atoms with Crippen LogP contribution in [0.2, 0.25) is 0 Å². The van der Waals surface area contributed by atoms with Crippen molar-refractivity contribution in [1.82, 2.24) is 9.88 Å². The summed E-state index contributed by atoms with van der Waals surface area (Å²) in [6.45, 7) is 2.51. The van der Waals surface area contributed by atoms with E-state index in [-0.39, 0.29) is 24.2 Å². The summed E-state index contributed by atoms with van der Waals surface area (Å²) in [5, 5.41) is 2.30. The van der Waals surface area contributed by atoms with Crippen LogP contribution in [-0.2, 0) is 17.8 Å². The molecule has 0 spiro atoms. The van der Waals surface area contributed by atoms with Crippen molar-refractivity contribution in [2.45, 2.75) is 13.0 Å². The summed E-state index contributed by atoms with van der Waals surface area (Å²) < 4.78 is 25.1. The van der Waals surface area contributed by atoms with E-state index in [9.17, 15) is 9.18 Å². The minimum Gasteiger partial charge on any atom is -0.489 e. The zero-order chi connectivity index (χ0) is 24.0. The Balaban J connectivity index is 1.27. The van der Waals surface area contributed by atoms with E-state index in [0.717, 1.165) is 22.8 Å². The molecule has 1 aliphatic rings. The average Bonchev–Trinajstić information content (AvgIpc) is 3.13. The van der Waals surface area contributed by atoms with Gasteiger partial charge in [0.15, 0.2) is 0 Å². The highest BCUT2D eigenvalue weighted by atomic mass is 19.1. The lowest BCUT2D eigenvalue weighted by Crippen LogP contribution is -2.36. The highest BCUT2D eigenvalue weighted by Gasteiger charge is 2.24. The summed E-state index contributed by atoms with van der Waals surface area (Å²) in [7, 11) is 0. The monoisotopic (exact) mass is 470 g/mol. The summed E-state index contributed by atoms with van der Waals surface area (Å²) in [4.78, 5) is 19.5. The number of pyridine rings is 1. The Bertz CT molecular complexity index is 1320. The number of benzene rings is 3. The van der Waals surface area contributed by atoms with Crippen LogP contribution < -0.4 is 4.74 Å². The van der Waals surface area contributed by atoms with Crippen LogP contribution in [0.25, 0.3) is 10.8 Å². The molecule has 2 heterocycles. The number of fused-ring (bicyclic) bond motifs is 1. The molecule has 0 saturated carbocycles. The Kier molecular flexibility index (Phi) is 7.00. The maximum Gasteiger partial charge on any atom is 0.254 e. The van der Waals surface area contributed by atoms with Crippen molar-refractivity contribution in [3.05, 3.63) is 108 Å². The van der Waals surface area contributed by atoms with Gasteiger partial charge in [-0.3, -0.25) is 9.78 Å². The summed E-state index contributed by atoms with van der Waals surface area (Å²) >= 11 is 0. The van der Waals surface area contributed by atoms with Gasteiger partial charge in [-0.15, -0.1) is 0 Å². The Morgan fingerprint density at radius 2 is 1.97 bits per heavy atom. The minimum absolute atomic E-state index is 0.0451. The molecule has 3 aromatic carbocycles. The molecule has 4 aromatic rings. The fraction of sp³-hybridized carbons (Fsp3) is 0.241. The van der Waals surface area contributed by atoms with Crippen LogP contribution in [0.15, 0.2) is 85.2 Å². The van der Waals surface area contributed by atoms with Crippen molar-refractivity contribution >= 4 is 16.7 Å². The number of rotatable bonds is 6. The van der Waals surface area contributed by atoms with Gasteiger partial charge in [-0.2, -0.15) is 0 Å². The molecule has 1 aliphatic heterocycles. The number of amides is 1. The average molecular weight is 471 g/mol. The molecule has 6 heteroatoms. The van der Waals surface area contributed by atoms with E-state index in [1.165, 1.54) is 17.7 Å². The van der Waals surface area contributed by atoms with Gasteiger partial charge in [0.25, 0.3) is 5.91 Å². The molecule has 1 fully saturated rings. The molecule has 0 bridgehead atoms.